The molecule has 3 aromatic carbocycles. The van der Waals surface area contributed by atoms with Gasteiger partial charge in [0.25, 0.3) is 0 Å². The van der Waals surface area contributed by atoms with Crippen molar-refractivity contribution in [1.29, 1.82) is 0 Å². The van der Waals surface area contributed by atoms with E-state index in [1.54, 1.807) is 7.11 Å². The molecule has 5 atom stereocenters. The molecule has 188 valence electrons. The monoisotopic (exact) mass is 489 g/mol. The Balaban J connectivity index is 1.60. The first-order chi connectivity index (χ1) is 17.8. The highest BCUT2D eigenvalue weighted by Crippen LogP contribution is 2.31. The van der Waals surface area contributed by atoms with Gasteiger partial charge in [0.1, 0.15) is 18.3 Å². The molecule has 0 radical (unpaired) electrons. The number of azide groups is 1. The zero-order valence-corrected chi connectivity index (χ0v) is 20.3. The molecule has 3 aromatic rings. The molecule has 0 bridgehead atoms. The van der Waals surface area contributed by atoms with Crippen LogP contribution in [0.15, 0.2) is 96.1 Å². The van der Waals surface area contributed by atoms with Gasteiger partial charge in [0, 0.05) is 12.0 Å². The van der Waals surface area contributed by atoms with Crippen LogP contribution in [0.25, 0.3) is 10.4 Å². The van der Waals surface area contributed by atoms with Crippen LogP contribution in [0.5, 0.6) is 0 Å². The number of nitrogens with zero attached hydrogens (tertiary/aromatic N) is 3. The average molecular weight is 490 g/mol. The van der Waals surface area contributed by atoms with Crippen molar-refractivity contribution < 1.29 is 23.7 Å². The van der Waals surface area contributed by atoms with Crippen molar-refractivity contribution in [2.45, 2.75) is 50.5 Å². The molecule has 0 saturated carbocycles. The Hall–Kier alpha value is -3.23. The third-order valence-electron chi connectivity index (χ3n) is 6.00. The fourth-order valence-corrected chi connectivity index (χ4v) is 4.20. The van der Waals surface area contributed by atoms with Gasteiger partial charge in [-0.15, -0.1) is 0 Å². The lowest BCUT2D eigenvalue weighted by Gasteiger charge is -2.45. The molecule has 8 heteroatoms. The second-order valence-electron chi connectivity index (χ2n) is 8.48. The summed E-state index contributed by atoms with van der Waals surface area (Å²) in [5.74, 6) is 0. The Labute approximate surface area is 211 Å². The molecule has 0 N–H and O–H groups in total. The van der Waals surface area contributed by atoms with E-state index in [-0.39, 0.29) is 6.54 Å². The van der Waals surface area contributed by atoms with Crippen molar-refractivity contribution in [2.75, 3.05) is 13.7 Å². The summed E-state index contributed by atoms with van der Waals surface area (Å²) in [6.45, 7) is 1.13. The van der Waals surface area contributed by atoms with E-state index >= 15 is 0 Å². The molecule has 1 saturated heterocycles. The molecule has 2 unspecified atom stereocenters. The van der Waals surface area contributed by atoms with E-state index in [2.05, 4.69) is 10.0 Å². The molecule has 0 amide bonds. The molecule has 8 nitrogen and oxygen atoms in total. The van der Waals surface area contributed by atoms with Gasteiger partial charge in [-0.2, -0.15) is 0 Å². The average Bonchev–Trinajstić information content (AvgIpc) is 2.94. The number of methoxy groups -OCH3 is 1. The molecule has 1 aliphatic heterocycles. The van der Waals surface area contributed by atoms with Crippen molar-refractivity contribution >= 4 is 0 Å². The van der Waals surface area contributed by atoms with Gasteiger partial charge in [-0.3, -0.25) is 0 Å². The summed E-state index contributed by atoms with van der Waals surface area (Å²) >= 11 is 0. The van der Waals surface area contributed by atoms with Crippen LogP contribution < -0.4 is 0 Å². The second-order valence-corrected chi connectivity index (χ2v) is 8.48. The van der Waals surface area contributed by atoms with E-state index in [1.807, 2.05) is 91.0 Å². The smallest absolute Gasteiger partial charge is 0.186 e. The van der Waals surface area contributed by atoms with E-state index in [9.17, 15) is 0 Å². The minimum atomic E-state index is -0.732. The van der Waals surface area contributed by atoms with Crippen LogP contribution in [0.1, 0.15) is 16.7 Å². The number of benzene rings is 3. The minimum Gasteiger partial charge on any atom is -0.368 e. The summed E-state index contributed by atoms with van der Waals surface area (Å²) < 4.78 is 31.1. The number of ether oxygens (including phenoxy) is 5. The summed E-state index contributed by atoms with van der Waals surface area (Å²) in [5.41, 5.74) is 12.0. The Morgan fingerprint density at radius 2 is 1.14 bits per heavy atom. The van der Waals surface area contributed by atoms with Crippen LogP contribution in [0.3, 0.4) is 0 Å². The summed E-state index contributed by atoms with van der Waals surface area (Å²) in [6.07, 6.45) is -3.00. The van der Waals surface area contributed by atoms with Gasteiger partial charge in [-0.05, 0) is 22.2 Å². The fraction of sp³-hybridized carbons (Fsp3) is 0.357. The molecular weight excluding hydrogens is 458 g/mol. The number of hydrogen-bond donors (Lipinski definition) is 0. The third kappa shape index (κ3) is 7.15. The molecule has 4 rings (SSSR count). The zero-order valence-electron chi connectivity index (χ0n) is 20.3. The van der Waals surface area contributed by atoms with Crippen molar-refractivity contribution in [3.05, 3.63) is 118 Å². The van der Waals surface area contributed by atoms with Crippen LogP contribution in [-0.2, 0) is 43.5 Å². The first-order valence-corrected chi connectivity index (χ1v) is 11.9. The van der Waals surface area contributed by atoms with Crippen molar-refractivity contribution in [1.82, 2.24) is 0 Å². The first-order valence-electron chi connectivity index (χ1n) is 11.9. The van der Waals surface area contributed by atoms with Gasteiger partial charge < -0.3 is 23.7 Å². The van der Waals surface area contributed by atoms with E-state index in [0.717, 1.165) is 16.7 Å². The predicted molar refractivity (Wildman–Crippen MR) is 135 cm³/mol. The third-order valence-corrected chi connectivity index (χ3v) is 6.00. The van der Waals surface area contributed by atoms with Gasteiger partial charge in [0.2, 0.25) is 0 Å². The maximum absolute atomic E-state index is 8.97. The maximum Gasteiger partial charge on any atom is 0.186 e. The summed E-state index contributed by atoms with van der Waals surface area (Å²) in [6, 6.07) is 29.7. The maximum atomic E-state index is 8.97. The highest BCUT2D eigenvalue weighted by atomic mass is 16.7. The highest BCUT2D eigenvalue weighted by Gasteiger charge is 2.48. The summed E-state index contributed by atoms with van der Waals surface area (Å²) in [4.78, 5) is 2.92. The fourth-order valence-electron chi connectivity index (χ4n) is 4.20. The van der Waals surface area contributed by atoms with Crippen LogP contribution in [0.2, 0.25) is 0 Å². The molecular formula is C28H31N3O5. The molecule has 1 aliphatic rings. The Kier molecular flexibility index (Phi) is 9.87. The molecule has 0 aromatic heterocycles. The first kappa shape index (κ1) is 25.9. The molecule has 36 heavy (non-hydrogen) atoms. The van der Waals surface area contributed by atoms with Crippen LogP contribution in [0.4, 0.5) is 0 Å². The van der Waals surface area contributed by atoms with Gasteiger partial charge in [-0.1, -0.05) is 96.1 Å². The Morgan fingerprint density at radius 1 is 0.694 bits per heavy atom. The SMILES string of the molecule is CO[C@H]1O[C@H](CN=[N+]=[N-])C(OCc2ccccc2)[C@H](OCc2ccccc2)C1OCc1ccccc1. The minimum absolute atomic E-state index is 0.0758. The lowest BCUT2D eigenvalue weighted by Crippen LogP contribution is -2.61. The van der Waals surface area contributed by atoms with E-state index in [4.69, 9.17) is 29.2 Å². The normalized spacial score (nSPS) is 23.6. The standard InChI is InChI=1S/C28H31N3O5/c1-32-28-27(35-20-23-15-9-4-10-16-23)26(34-19-22-13-7-3-8-14-22)25(24(36-28)17-30-31-29)33-18-21-11-5-2-6-12-21/h2-16,24-28H,17-20H2,1H3/t24-,25?,26+,27?,28+/m1/s1. The largest absolute Gasteiger partial charge is 0.368 e. The zero-order chi connectivity index (χ0) is 25.0. The van der Waals surface area contributed by atoms with Crippen LogP contribution in [-0.4, -0.2) is 44.4 Å². The second kappa shape index (κ2) is 13.8. The molecule has 1 heterocycles. The highest BCUT2D eigenvalue weighted by molar-refractivity contribution is 5.15. The molecule has 0 spiro atoms. The number of rotatable bonds is 12. The molecule has 0 aliphatic carbocycles. The van der Waals surface area contributed by atoms with Crippen LogP contribution in [0, 0.1) is 0 Å². The Morgan fingerprint density at radius 3 is 1.58 bits per heavy atom. The Bertz CT molecular complexity index is 1080. The van der Waals surface area contributed by atoms with Gasteiger partial charge in [0.15, 0.2) is 6.29 Å². The van der Waals surface area contributed by atoms with Gasteiger partial charge >= 0.3 is 0 Å². The topological polar surface area (TPSA) is 94.9 Å². The number of hydrogen-bond acceptors (Lipinski definition) is 6. The summed E-state index contributed by atoms with van der Waals surface area (Å²) in [7, 11) is 1.56. The van der Waals surface area contributed by atoms with E-state index in [0.29, 0.717) is 19.8 Å². The molecule has 1 fully saturated rings. The van der Waals surface area contributed by atoms with Crippen LogP contribution >= 0.6 is 0 Å². The van der Waals surface area contributed by atoms with Crippen molar-refractivity contribution in [3.63, 3.8) is 0 Å². The van der Waals surface area contributed by atoms with Crippen molar-refractivity contribution in [2.24, 2.45) is 5.11 Å². The van der Waals surface area contributed by atoms with Gasteiger partial charge in [-0.25, -0.2) is 0 Å². The van der Waals surface area contributed by atoms with Crippen molar-refractivity contribution in [3.8, 4) is 0 Å². The lowest BCUT2D eigenvalue weighted by atomic mass is 9.97. The lowest BCUT2D eigenvalue weighted by molar-refractivity contribution is -0.315. The predicted octanol–water partition coefficient (Wildman–Crippen LogP) is 5.42. The van der Waals surface area contributed by atoms with E-state index in [1.165, 1.54) is 0 Å². The quantitative estimate of drug-likeness (QED) is 0.192. The summed E-state index contributed by atoms with van der Waals surface area (Å²) in [5, 5.41) is 3.76. The van der Waals surface area contributed by atoms with E-state index < -0.39 is 30.7 Å². The van der Waals surface area contributed by atoms with Gasteiger partial charge in [0.05, 0.1) is 32.5 Å².